The molecule has 8 nitrogen and oxygen atoms in total. The molecule has 1 N–H and O–H groups in total. The first-order valence-electron chi connectivity index (χ1n) is 8.58. The normalized spacial score (nSPS) is 15.2. The van der Waals surface area contributed by atoms with E-state index in [4.69, 9.17) is 9.57 Å². The topological polar surface area (TPSA) is 93.7 Å². The lowest BCUT2D eigenvalue weighted by molar-refractivity contribution is -0.115. The van der Waals surface area contributed by atoms with E-state index in [0.717, 1.165) is 5.06 Å². The van der Waals surface area contributed by atoms with Crippen molar-refractivity contribution in [3.8, 4) is 11.8 Å². The summed E-state index contributed by atoms with van der Waals surface area (Å²) in [5.41, 5.74) is 0.876. The lowest BCUT2D eigenvalue weighted by Crippen LogP contribution is -2.32. The van der Waals surface area contributed by atoms with E-state index < -0.39 is 25.0 Å². The third kappa shape index (κ3) is 4.16. The number of hydrogen-bond acceptors (Lipinski definition) is 6. The van der Waals surface area contributed by atoms with Gasteiger partial charge in [-0.25, -0.2) is 13.8 Å². The Morgan fingerprint density at radius 2 is 2.14 bits per heavy atom. The van der Waals surface area contributed by atoms with Crippen molar-refractivity contribution < 1.29 is 27.9 Å². The van der Waals surface area contributed by atoms with Gasteiger partial charge in [0.15, 0.2) is 6.61 Å². The largest absolute Gasteiger partial charge is 0.472 e. The molecule has 3 rings (SSSR count). The highest BCUT2D eigenvalue weighted by atomic mass is 19.3. The van der Waals surface area contributed by atoms with Gasteiger partial charge in [-0.2, -0.15) is 10.0 Å². The van der Waals surface area contributed by atoms with Gasteiger partial charge in [0, 0.05) is 29.8 Å². The quantitative estimate of drug-likeness (QED) is 0.812. The number of carbonyl (C=O) groups excluding carboxylic acids is 2. The van der Waals surface area contributed by atoms with E-state index in [1.54, 1.807) is 19.9 Å². The van der Waals surface area contributed by atoms with E-state index in [0.29, 0.717) is 5.56 Å². The zero-order valence-electron chi connectivity index (χ0n) is 15.2. The molecule has 1 aliphatic rings. The van der Waals surface area contributed by atoms with Crippen molar-refractivity contribution in [2.24, 2.45) is 0 Å². The maximum atomic E-state index is 12.8. The molecule has 1 aliphatic heterocycles. The van der Waals surface area contributed by atoms with Gasteiger partial charge in [0.05, 0.1) is 6.04 Å². The molecule has 0 radical (unpaired) electrons. The number of carbonyl (C=O) groups is 2. The number of hydrogen-bond donors (Lipinski definition) is 1. The van der Waals surface area contributed by atoms with Crippen molar-refractivity contribution in [1.29, 1.82) is 0 Å². The van der Waals surface area contributed by atoms with Gasteiger partial charge in [-0.15, -0.1) is 0 Å². The molecule has 1 atom stereocenters. The Kier molecular flexibility index (Phi) is 5.67. The number of amides is 2. The Labute approximate surface area is 159 Å². The van der Waals surface area contributed by atoms with Crippen LogP contribution in [0.2, 0.25) is 0 Å². The highest BCUT2D eigenvalue weighted by Crippen LogP contribution is 2.37. The number of nitrogens with one attached hydrogen (secondary N) is 1. The molecule has 0 fully saturated rings. The van der Waals surface area contributed by atoms with E-state index in [9.17, 15) is 18.4 Å². The standard InChI is InChI=1S/C18H18F2N4O4/c1-3-15(25)22-14-8-11(6-7-21-14)18(26)24-10(2)12-4-5-16(23-17(12)28-24)27-9-13(19)20/h4-8,10,13H,3,9H2,1-2H3,(H,21,22,25). The predicted molar refractivity (Wildman–Crippen MR) is 94.1 cm³/mol. The molecule has 0 saturated heterocycles. The van der Waals surface area contributed by atoms with Crippen LogP contribution in [-0.2, 0) is 4.79 Å². The van der Waals surface area contributed by atoms with Gasteiger partial charge in [-0.3, -0.25) is 9.59 Å². The molecule has 10 heteroatoms. The predicted octanol–water partition coefficient (Wildman–Crippen LogP) is 2.98. The van der Waals surface area contributed by atoms with E-state index in [1.807, 2.05) is 0 Å². The molecule has 0 aromatic carbocycles. The zero-order valence-corrected chi connectivity index (χ0v) is 15.2. The number of anilines is 1. The minimum Gasteiger partial charge on any atom is -0.472 e. The van der Waals surface area contributed by atoms with Crippen LogP contribution in [0, 0.1) is 0 Å². The van der Waals surface area contributed by atoms with Gasteiger partial charge in [-0.1, -0.05) is 6.92 Å². The second kappa shape index (κ2) is 8.15. The highest BCUT2D eigenvalue weighted by molar-refractivity contribution is 5.96. The van der Waals surface area contributed by atoms with Crippen molar-refractivity contribution in [2.45, 2.75) is 32.7 Å². The molecular formula is C18H18F2N4O4. The molecule has 0 bridgehead atoms. The Balaban J connectivity index is 1.76. The maximum absolute atomic E-state index is 12.8. The van der Waals surface area contributed by atoms with Gasteiger partial charge < -0.3 is 14.9 Å². The Morgan fingerprint density at radius 3 is 2.86 bits per heavy atom. The van der Waals surface area contributed by atoms with Crippen LogP contribution in [-0.4, -0.2) is 39.9 Å². The fourth-order valence-electron chi connectivity index (χ4n) is 2.56. The molecule has 3 heterocycles. The number of pyridine rings is 2. The molecule has 1 unspecified atom stereocenters. The first-order chi connectivity index (χ1) is 13.4. The number of rotatable bonds is 6. The number of aromatic nitrogens is 2. The van der Waals surface area contributed by atoms with Crippen LogP contribution in [0.3, 0.4) is 0 Å². The first-order valence-corrected chi connectivity index (χ1v) is 8.58. The van der Waals surface area contributed by atoms with E-state index in [2.05, 4.69) is 15.3 Å². The van der Waals surface area contributed by atoms with Crippen LogP contribution >= 0.6 is 0 Å². The summed E-state index contributed by atoms with van der Waals surface area (Å²) >= 11 is 0. The van der Waals surface area contributed by atoms with Crippen molar-refractivity contribution >= 4 is 17.6 Å². The van der Waals surface area contributed by atoms with Crippen molar-refractivity contribution in [3.05, 3.63) is 41.6 Å². The summed E-state index contributed by atoms with van der Waals surface area (Å²) in [6, 6.07) is 5.54. The third-order valence-electron chi connectivity index (χ3n) is 4.00. The van der Waals surface area contributed by atoms with Crippen molar-refractivity contribution in [1.82, 2.24) is 15.0 Å². The minimum atomic E-state index is -2.62. The highest BCUT2D eigenvalue weighted by Gasteiger charge is 2.35. The average Bonchev–Trinajstić information content (AvgIpc) is 3.01. The van der Waals surface area contributed by atoms with E-state index >= 15 is 0 Å². The molecule has 2 amide bonds. The summed E-state index contributed by atoms with van der Waals surface area (Å²) in [5, 5.41) is 3.70. The summed E-state index contributed by atoms with van der Waals surface area (Å²) in [5.74, 6) is -0.344. The molecule has 2 aromatic rings. The van der Waals surface area contributed by atoms with Crippen LogP contribution in [0.25, 0.3) is 0 Å². The molecule has 2 aromatic heterocycles. The van der Waals surface area contributed by atoms with Crippen molar-refractivity contribution in [2.75, 3.05) is 11.9 Å². The van der Waals surface area contributed by atoms with E-state index in [-0.39, 0.29) is 35.5 Å². The Morgan fingerprint density at radius 1 is 1.36 bits per heavy atom. The van der Waals surface area contributed by atoms with Crippen LogP contribution < -0.4 is 14.9 Å². The maximum Gasteiger partial charge on any atom is 0.287 e. The van der Waals surface area contributed by atoms with Crippen molar-refractivity contribution in [3.63, 3.8) is 0 Å². The van der Waals surface area contributed by atoms with Crippen LogP contribution in [0.1, 0.15) is 42.2 Å². The lowest BCUT2D eigenvalue weighted by atomic mass is 10.1. The van der Waals surface area contributed by atoms with Gasteiger partial charge in [-0.05, 0) is 25.1 Å². The number of alkyl halides is 2. The first kappa shape index (κ1) is 19.5. The average molecular weight is 392 g/mol. The van der Waals surface area contributed by atoms with Crippen LogP contribution in [0.4, 0.5) is 14.6 Å². The lowest BCUT2D eigenvalue weighted by Gasteiger charge is -2.19. The monoisotopic (exact) mass is 392 g/mol. The number of nitrogens with zero attached hydrogens (tertiary/aromatic N) is 3. The summed E-state index contributed by atoms with van der Waals surface area (Å²) in [7, 11) is 0. The SMILES string of the molecule is CCC(=O)Nc1cc(C(=O)N2Oc3nc(OCC(F)F)ccc3C2C)ccn1. The third-order valence-corrected chi connectivity index (χ3v) is 4.00. The summed E-state index contributed by atoms with van der Waals surface area (Å²) in [6.07, 6.45) is -0.939. The Bertz CT molecular complexity index is 894. The fraction of sp³-hybridized carbons (Fsp3) is 0.333. The second-order valence-corrected chi connectivity index (χ2v) is 5.98. The summed E-state index contributed by atoms with van der Waals surface area (Å²) < 4.78 is 29.4. The second-order valence-electron chi connectivity index (χ2n) is 5.98. The minimum absolute atomic E-state index is 0.0194. The fourth-order valence-corrected chi connectivity index (χ4v) is 2.56. The number of hydroxylamine groups is 2. The molecule has 0 saturated carbocycles. The van der Waals surface area contributed by atoms with Crippen LogP contribution in [0.15, 0.2) is 30.5 Å². The smallest absolute Gasteiger partial charge is 0.287 e. The summed E-state index contributed by atoms with van der Waals surface area (Å²) in [6.45, 7) is 2.66. The molecule has 0 spiro atoms. The Hall–Kier alpha value is -3.30. The van der Waals surface area contributed by atoms with Gasteiger partial charge >= 0.3 is 0 Å². The number of ether oxygens (including phenoxy) is 1. The molecule has 28 heavy (non-hydrogen) atoms. The van der Waals surface area contributed by atoms with Gasteiger partial charge in [0.25, 0.3) is 18.2 Å². The number of fused-ring (bicyclic) bond motifs is 1. The zero-order chi connectivity index (χ0) is 20.3. The van der Waals surface area contributed by atoms with Gasteiger partial charge in [0.2, 0.25) is 11.8 Å². The summed E-state index contributed by atoms with van der Waals surface area (Å²) in [4.78, 5) is 37.9. The van der Waals surface area contributed by atoms with Crippen LogP contribution in [0.5, 0.6) is 11.8 Å². The molecule has 0 aliphatic carbocycles. The van der Waals surface area contributed by atoms with E-state index in [1.165, 1.54) is 24.4 Å². The molecular weight excluding hydrogens is 374 g/mol. The molecule has 148 valence electrons. The van der Waals surface area contributed by atoms with Gasteiger partial charge in [0.1, 0.15) is 5.82 Å². The number of halogens is 2.